The molecule has 0 N–H and O–H groups in total. The molecule has 156 valence electrons. The van der Waals surface area contributed by atoms with Crippen LogP contribution in [0.1, 0.15) is 47.4 Å². The molecule has 3 aromatic rings. The lowest BCUT2D eigenvalue weighted by Crippen LogP contribution is -2.45. The van der Waals surface area contributed by atoms with Gasteiger partial charge in [-0.1, -0.05) is 24.3 Å². The Labute approximate surface area is 181 Å². The van der Waals surface area contributed by atoms with Crippen molar-refractivity contribution in [2.75, 3.05) is 11.5 Å². The molecule has 4 rings (SSSR count). The number of ether oxygens (including phenoxy) is 1. The Kier molecular flexibility index (Phi) is 5.89. The number of nitrogens with zero attached hydrogens (tertiary/aromatic N) is 3. The fraction of sp³-hybridized carbons (Fsp3) is 0.200. The molecule has 0 bridgehead atoms. The number of aliphatic imine (C=N–C) groups is 1. The Bertz CT molecular complexity index is 1110. The van der Waals surface area contributed by atoms with Gasteiger partial charge in [-0.2, -0.15) is 0 Å². The van der Waals surface area contributed by atoms with Crippen molar-refractivity contribution >= 4 is 23.7 Å². The molecule has 2 heterocycles. The zero-order valence-corrected chi connectivity index (χ0v) is 17.4. The van der Waals surface area contributed by atoms with Gasteiger partial charge in [0.15, 0.2) is 0 Å². The number of pyridine rings is 1. The van der Waals surface area contributed by atoms with Crippen LogP contribution >= 0.6 is 0 Å². The summed E-state index contributed by atoms with van der Waals surface area (Å²) in [5, 5.41) is 0. The van der Waals surface area contributed by atoms with Gasteiger partial charge in [0.05, 0.1) is 29.9 Å². The number of rotatable bonds is 6. The number of carbonyl (C=O) groups is 2. The van der Waals surface area contributed by atoms with Crippen molar-refractivity contribution in [3.05, 3.63) is 89.7 Å². The van der Waals surface area contributed by atoms with Crippen molar-refractivity contribution < 1.29 is 14.3 Å². The van der Waals surface area contributed by atoms with Crippen molar-refractivity contribution in [3.8, 4) is 5.75 Å². The summed E-state index contributed by atoms with van der Waals surface area (Å²) in [7, 11) is 0. The summed E-state index contributed by atoms with van der Waals surface area (Å²) in [4.78, 5) is 36.7. The first-order chi connectivity index (χ1) is 15.1. The highest BCUT2D eigenvalue weighted by Gasteiger charge is 2.38. The van der Waals surface area contributed by atoms with Crippen LogP contribution in [0.4, 0.5) is 5.69 Å². The normalized spacial score (nSPS) is 17.0. The van der Waals surface area contributed by atoms with Crippen LogP contribution in [0.2, 0.25) is 0 Å². The zero-order chi connectivity index (χ0) is 21.8. The molecule has 1 aliphatic heterocycles. The van der Waals surface area contributed by atoms with Gasteiger partial charge in [-0.05, 0) is 61.9 Å². The Morgan fingerprint density at radius 1 is 1.06 bits per heavy atom. The van der Waals surface area contributed by atoms with Crippen LogP contribution in [-0.2, 0) is 4.79 Å². The fourth-order valence-corrected chi connectivity index (χ4v) is 3.62. The Hall–Kier alpha value is -3.80. The van der Waals surface area contributed by atoms with E-state index in [9.17, 15) is 9.59 Å². The molecule has 1 aromatic heterocycles. The molecular formula is C25H23N3O3. The van der Waals surface area contributed by atoms with Crippen LogP contribution in [0, 0.1) is 0 Å². The number of anilines is 1. The molecule has 1 aliphatic rings. The van der Waals surface area contributed by atoms with Gasteiger partial charge in [0.2, 0.25) is 5.91 Å². The molecular weight excluding hydrogens is 390 g/mol. The molecule has 0 unspecified atom stereocenters. The Morgan fingerprint density at radius 3 is 2.52 bits per heavy atom. The monoisotopic (exact) mass is 413 g/mol. The van der Waals surface area contributed by atoms with E-state index in [-0.39, 0.29) is 17.9 Å². The first kappa shape index (κ1) is 20.5. The van der Waals surface area contributed by atoms with E-state index in [1.54, 1.807) is 48.8 Å². The van der Waals surface area contributed by atoms with E-state index < -0.39 is 5.92 Å². The molecule has 0 aliphatic carbocycles. The SMILES string of the molecule is CCOc1ccc(N2C(=O)c3ccccc3[C@@H](C=N[C@@H](C)c3ccccn3)C2=O)cc1. The largest absolute Gasteiger partial charge is 0.494 e. The standard InChI is InChI=1S/C25H23N3O3/c1-3-31-19-13-11-18(12-14-19)28-24(29)21-9-5-4-8-20(21)22(25(28)30)16-27-17(2)23-10-6-7-15-26-23/h4-17,22H,3H2,1-2H3/t17-,22+/m0/s1. The van der Waals surface area contributed by atoms with Crippen molar-refractivity contribution in [1.82, 2.24) is 4.98 Å². The average molecular weight is 413 g/mol. The molecule has 6 heteroatoms. The first-order valence-electron chi connectivity index (χ1n) is 10.2. The third-order valence-corrected chi connectivity index (χ3v) is 5.20. The van der Waals surface area contributed by atoms with E-state index in [1.165, 1.54) is 4.90 Å². The van der Waals surface area contributed by atoms with Gasteiger partial charge in [-0.3, -0.25) is 19.6 Å². The van der Waals surface area contributed by atoms with E-state index in [0.717, 1.165) is 5.69 Å². The molecule has 31 heavy (non-hydrogen) atoms. The summed E-state index contributed by atoms with van der Waals surface area (Å²) in [6, 6.07) is 19.6. The highest BCUT2D eigenvalue weighted by Crippen LogP contribution is 2.33. The summed E-state index contributed by atoms with van der Waals surface area (Å²) in [5.41, 5.74) is 2.48. The predicted molar refractivity (Wildman–Crippen MR) is 120 cm³/mol. The van der Waals surface area contributed by atoms with Crippen LogP contribution in [-0.4, -0.2) is 29.6 Å². The quantitative estimate of drug-likeness (QED) is 0.438. The van der Waals surface area contributed by atoms with Crippen LogP contribution < -0.4 is 9.64 Å². The third kappa shape index (κ3) is 4.10. The van der Waals surface area contributed by atoms with Crippen LogP contribution in [0.15, 0.2) is 77.9 Å². The maximum absolute atomic E-state index is 13.4. The number of aromatic nitrogens is 1. The smallest absolute Gasteiger partial charge is 0.265 e. The minimum absolute atomic E-state index is 0.210. The topological polar surface area (TPSA) is 71.9 Å². The first-order valence-corrected chi connectivity index (χ1v) is 10.2. The maximum Gasteiger partial charge on any atom is 0.265 e. The highest BCUT2D eigenvalue weighted by molar-refractivity contribution is 6.29. The molecule has 0 fully saturated rings. The Balaban J connectivity index is 1.69. The summed E-state index contributed by atoms with van der Waals surface area (Å²) in [5.74, 6) is -0.644. The number of imide groups is 1. The second-order valence-electron chi connectivity index (χ2n) is 7.20. The van der Waals surface area contributed by atoms with E-state index >= 15 is 0 Å². The second-order valence-corrected chi connectivity index (χ2v) is 7.20. The van der Waals surface area contributed by atoms with Gasteiger partial charge in [0.25, 0.3) is 5.91 Å². The van der Waals surface area contributed by atoms with Gasteiger partial charge in [0, 0.05) is 18.0 Å². The van der Waals surface area contributed by atoms with Crippen molar-refractivity contribution in [2.24, 2.45) is 4.99 Å². The van der Waals surface area contributed by atoms with Gasteiger partial charge in [-0.15, -0.1) is 0 Å². The highest BCUT2D eigenvalue weighted by atomic mass is 16.5. The van der Waals surface area contributed by atoms with E-state index in [0.29, 0.717) is 29.2 Å². The minimum Gasteiger partial charge on any atom is -0.494 e. The lowest BCUT2D eigenvalue weighted by molar-refractivity contribution is -0.118. The number of hydrogen-bond donors (Lipinski definition) is 0. The van der Waals surface area contributed by atoms with Crippen LogP contribution in [0.3, 0.4) is 0 Å². The maximum atomic E-state index is 13.4. The minimum atomic E-state index is -0.661. The fourth-order valence-electron chi connectivity index (χ4n) is 3.62. The van der Waals surface area contributed by atoms with Gasteiger partial charge >= 0.3 is 0 Å². The number of amides is 2. The van der Waals surface area contributed by atoms with Gasteiger partial charge in [-0.25, -0.2) is 4.90 Å². The number of carbonyl (C=O) groups excluding carboxylic acids is 2. The molecule has 6 nitrogen and oxygen atoms in total. The molecule has 0 saturated carbocycles. The van der Waals surface area contributed by atoms with Gasteiger partial charge < -0.3 is 4.74 Å². The molecule has 2 aromatic carbocycles. The van der Waals surface area contributed by atoms with Crippen molar-refractivity contribution in [1.29, 1.82) is 0 Å². The summed E-state index contributed by atoms with van der Waals surface area (Å²) in [6.07, 6.45) is 3.35. The Morgan fingerprint density at radius 2 is 1.81 bits per heavy atom. The number of fused-ring (bicyclic) bond motifs is 1. The molecule has 0 spiro atoms. The van der Waals surface area contributed by atoms with E-state index in [1.807, 2.05) is 44.2 Å². The summed E-state index contributed by atoms with van der Waals surface area (Å²) in [6.45, 7) is 4.37. The number of benzene rings is 2. The molecule has 2 amide bonds. The molecule has 0 radical (unpaired) electrons. The molecule has 0 saturated heterocycles. The van der Waals surface area contributed by atoms with E-state index in [4.69, 9.17) is 4.74 Å². The van der Waals surface area contributed by atoms with Crippen LogP contribution in [0.5, 0.6) is 5.75 Å². The third-order valence-electron chi connectivity index (χ3n) is 5.20. The van der Waals surface area contributed by atoms with Gasteiger partial charge in [0.1, 0.15) is 5.75 Å². The second kappa shape index (κ2) is 8.92. The average Bonchev–Trinajstić information content (AvgIpc) is 2.81. The van der Waals surface area contributed by atoms with Crippen molar-refractivity contribution in [2.45, 2.75) is 25.8 Å². The van der Waals surface area contributed by atoms with E-state index in [2.05, 4.69) is 9.98 Å². The summed E-state index contributed by atoms with van der Waals surface area (Å²) >= 11 is 0. The lowest BCUT2D eigenvalue weighted by Gasteiger charge is -2.31. The van der Waals surface area contributed by atoms with Crippen LogP contribution in [0.25, 0.3) is 0 Å². The molecule has 2 atom stereocenters. The summed E-state index contributed by atoms with van der Waals surface area (Å²) < 4.78 is 5.47. The lowest BCUT2D eigenvalue weighted by atomic mass is 9.88. The number of hydrogen-bond acceptors (Lipinski definition) is 5. The predicted octanol–water partition coefficient (Wildman–Crippen LogP) is 4.58. The zero-order valence-electron chi connectivity index (χ0n) is 17.4. The van der Waals surface area contributed by atoms with Crippen molar-refractivity contribution in [3.63, 3.8) is 0 Å².